The monoisotopic (exact) mass is 381 g/mol. The van der Waals surface area contributed by atoms with E-state index in [9.17, 15) is 9.59 Å². The third-order valence-corrected chi connectivity index (χ3v) is 5.00. The summed E-state index contributed by atoms with van der Waals surface area (Å²) in [5.74, 6) is 1.13. The van der Waals surface area contributed by atoms with Crippen molar-refractivity contribution in [1.82, 2.24) is 10.2 Å². The lowest BCUT2D eigenvalue weighted by Crippen LogP contribution is -2.39. The van der Waals surface area contributed by atoms with E-state index in [1.54, 1.807) is 7.11 Å². The van der Waals surface area contributed by atoms with Crippen LogP contribution in [0.5, 0.6) is 5.75 Å². The number of anilines is 1. The Labute approximate surface area is 165 Å². The number of carbonyl (C=O) groups excluding carboxylic acids is 2. The first-order valence-corrected chi connectivity index (χ1v) is 9.60. The Morgan fingerprint density at radius 2 is 1.79 bits per heavy atom. The smallest absolute Gasteiger partial charge is 0.319 e. The molecule has 1 aliphatic heterocycles. The third-order valence-electron chi connectivity index (χ3n) is 5.00. The summed E-state index contributed by atoms with van der Waals surface area (Å²) in [5, 5.41) is 5.66. The number of hydrogen-bond donors (Lipinski definition) is 2. The number of hydrogen-bond acceptors (Lipinski definition) is 3. The number of carbonyl (C=O) groups is 2. The number of urea groups is 1. The fraction of sp³-hybridized carbons (Fsp3) is 0.364. The Balaban J connectivity index is 1.47. The predicted octanol–water partition coefficient (Wildman–Crippen LogP) is 3.78. The molecule has 1 heterocycles. The van der Waals surface area contributed by atoms with Gasteiger partial charge in [-0.25, -0.2) is 4.79 Å². The molecule has 0 spiro atoms. The summed E-state index contributed by atoms with van der Waals surface area (Å²) in [6.07, 6.45) is 2.03. The van der Waals surface area contributed by atoms with Gasteiger partial charge in [-0.1, -0.05) is 31.2 Å². The van der Waals surface area contributed by atoms with Crippen LogP contribution in [-0.2, 0) is 17.9 Å². The number of likely N-dealkylation sites (tertiary alicyclic amines) is 1. The molecule has 1 atom stereocenters. The summed E-state index contributed by atoms with van der Waals surface area (Å²) in [6.45, 7) is 3.86. The minimum Gasteiger partial charge on any atom is -0.497 e. The summed E-state index contributed by atoms with van der Waals surface area (Å²) >= 11 is 0. The molecule has 3 amide bonds. The highest BCUT2D eigenvalue weighted by Gasteiger charge is 2.24. The molecular formula is C22H27N3O3. The van der Waals surface area contributed by atoms with Crippen LogP contribution in [0.25, 0.3) is 0 Å². The number of amides is 3. The Kier molecular flexibility index (Phi) is 6.53. The first-order valence-electron chi connectivity index (χ1n) is 9.60. The molecule has 6 nitrogen and oxygen atoms in total. The van der Waals surface area contributed by atoms with Crippen LogP contribution in [0.1, 0.15) is 30.9 Å². The van der Waals surface area contributed by atoms with Gasteiger partial charge in [0.1, 0.15) is 5.75 Å². The number of ether oxygens (including phenoxy) is 1. The molecule has 0 saturated carbocycles. The van der Waals surface area contributed by atoms with Gasteiger partial charge in [0.25, 0.3) is 0 Å². The van der Waals surface area contributed by atoms with Gasteiger partial charge in [-0.15, -0.1) is 0 Å². The van der Waals surface area contributed by atoms with Crippen LogP contribution in [0, 0.1) is 5.92 Å². The van der Waals surface area contributed by atoms with Gasteiger partial charge in [0.15, 0.2) is 0 Å². The van der Waals surface area contributed by atoms with E-state index in [2.05, 4.69) is 10.6 Å². The fourth-order valence-electron chi connectivity index (χ4n) is 3.31. The van der Waals surface area contributed by atoms with Crippen molar-refractivity contribution >= 4 is 17.6 Å². The third kappa shape index (κ3) is 5.25. The number of benzene rings is 2. The van der Waals surface area contributed by atoms with Gasteiger partial charge in [-0.05, 0) is 48.2 Å². The van der Waals surface area contributed by atoms with Crippen LogP contribution < -0.4 is 15.4 Å². The zero-order valence-corrected chi connectivity index (χ0v) is 16.4. The molecule has 0 bridgehead atoms. The van der Waals surface area contributed by atoms with Gasteiger partial charge >= 0.3 is 6.03 Å². The van der Waals surface area contributed by atoms with Crippen molar-refractivity contribution < 1.29 is 14.3 Å². The molecular weight excluding hydrogens is 354 g/mol. The molecule has 2 aromatic rings. The molecule has 3 rings (SSSR count). The number of rotatable bonds is 6. The van der Waals surface area contributed by atoms with Crippen molar-refractivity contribution in [1.29, 1.82) is 0 Å². The summed E-state index contributed by atoms with van der Waals surface area (Å²) in [5.41, 5.74) is 2.77. The maximum Gasteiger partial charge on any atom is 0.319 e. The van der Waals surface area contributed by atoms with E-state index < -0.39 is 0 Å². The molecule has 0 aromatic heterocycles. The first-order chi connectivity index (χ1) is 13.5. The molecule has 2 aromatic carbocycles. The Morgan fingerprint density at radius 1 is 1.11 bits per heavy atom. The molecule has 0 radical (unpaired) electrons. The molecule has 1 fully saturated rings. The van der Waals surface area contributed by atoms with Crippen molar-refractivity contribution in [2.24, 2.45) is 5.92 Å². The van der Waals surface area contributed by atoms with Crippen LogP contribution in [0.15, 0.2) is 48.5 Å². The molecule has 0 unspecified atom stereocenters. The zero-order valence-electron chi connectivity index (χ0n) is 16.4. The maximum atomic E-state index is 12.2. The number of piperidine rings is 1. The van der Waals surface area contributed by atoms with E-state index >= 15 is 0 Å². The molecule has 6 heteroatoms. The van der Waals surface area contributed by atoms with Crippen LogP contribution >= 0.6 is 0 Å². The lowest BCUT2D eigenvalue weighted by molar-refractivity contribution is -0.138. The SMILES string of the molecule is COc1ccc(CNC(=O)Nc2ccc(CN3CCC[C@@H](C)C3=O)cc2)cc1. The van der Waals surface area contributed by atoms with Crippen molar-refractivity contribution in [3.05, 3.63) is 59.7 Å². The number of nitrogens with one attached hydrogen (secondary N) is 2. The van der Waals surface area contributed by atoms with Crippen LogP contribution in [-0.4, -0.2) is 30.5 Å². The Bertz CT molecular complexity index is 803. The van der Waals surface area contributed by atoms with Crippen LogP contribution in [0.2, 0.25) is 0 Å². The van der Waals surface area contributed by atoms with Gasteiger partial charge < -0.3 is 20.3 Å². The second kappa shape index (κ2) is 9.26. The van der Waals surface area contributed by atoms with E-state index in [0.29, 0.717) is 18.8 Å². The van der Waals surface area contributed by atoms with E-state index in [4.69, 9.17) is 4.74 Å². The van der Waals surface area contributed by atoms with Gasteiger partial charge in [-0.2, -0.15) is 0 Å². The summed E-state index contributed by atoms with van der Waals surface area (Å²) in [4.78, 5) is 26.2. The molecule has 0 aliphatic carbocycles. The second-order valence-corrected chi connectivity index (χ2v) is 7.16. The minimum atomic E-state index is -0.261. The maximum absolute atomic E-state index is 12.2. The molecule has 1 aliphatic rings. The number of nitrogens with zero attached hydrogens (tertiary/aromatic N) is 1. The van der Waals surface area contributed by atoms with Crippen LogP contribution in [0.3, 0.4) is 0 Å². The van der Waals surface area contributed by atoms with Crippen LogP contribution in [0.4, 0.5) is 10.5 Å². The van der Waals surface area contributed by atoms with Crippen molar-refractivity contribution in [3.63, 3.8) is 0 Å². The largest absolute Gasteiger partial charge is 0.497 e. The predicted molar refractivity (Wildman–Crippen MR) is 109 cm³/mol. The summed E-state index contributed by atoms with van der Waals surface area (Å²) < 4.78 is 5.12. The molecule has 2 N–H and O–H groups in total. The molecule has 28 heavy (non-hydrogen) atoms. The van der Waals surface area contributed by atoms with E-state index in [0.717, 1.165) is 36.3 Å². The average molecular weight is 381 g/mol. The van der Waals surface area contributed by atoms with Gasteiger partial charge in [0, 0.05) is 31.2 Å². The van der Waals surface area contributed by atoms with Crippen molar-refractivity contribution in [2.45, 2.75) is 32.9 Å². The van der Waals surface area contributed by atoms with Crippen molar-refractivity contribution in [2.75, 3.05) is 19.0 Å². The lowest BCUT2D eigenvalue weighted by atomic mass is 9.98. The lowest BCUT2D eigenvalue weighted by Gasteiger charge is -2.30. The van der Waals surface area contributed by atoms with Crippen molar-refractivity contribution in [3.8, 4) is 5.75 Å². The normalized spacial score (nSPS) is 16.6. The Hall–Kier alpha value is -3.02. The van der Waals surface area contributed by atoms with E-state index in [-0.39, 0.29) is 17.9 Å². The van der Waals surface area contributed by atoms with Gasteiger partial charge in [0.2, 0.25) is 5.91 Å². The van der Waals surface area contributed by atoms with E-state index in [1.807, 2.05) is 60.4 Å². The molecule has 148 valence electrons. The number of methoxy groups -OCH3 is 1. The van der Waals surface area contributed by atoms with Gasteiger partial charge in [-0.3, -0.25) is 4.79 Å². The quantitative estimate of drug-likeness (QED) is 0.800. The summed E-state index contributed by atoms with van der Waals surface area (Å²) in [7, 11) is 1.62. The minimum absolute atomic E-state index is 0.115. The molecule has 1 saturated heterocycles. The van der Waals surface area contributed by atoms with E-state index in [1.165, 1.54) is 0 Å². The average Bonchev–Trinajstić information content (AvgIpc) is 2.72. The highest BCUT2D eigenvalue weighted by atomic mass is 16.5. The zero-order chi connectivity index (χ0) is 19.9. The highest BCUT2D eigenvalue weighted by molar-refractivity contribution is 5.89. The summed E-state index contributed by atoms with van der Waals surface area (Å²) in [6, 6.07) is 14.9. The van der Waals surface area contributed by atoms with Gasteiger partial charge in [0.05, 0.1) is 7.11 Å². The topological polar surface area (TPSA) is 70.7 Å². The second-order valence-electron chi connectivity index (χ2n) is 7.16. The highest BCUT2D eigenvalue weighted by Crippen LogP contribution is 2.20. The first kappa shape index (κ1) is 19.7. The fourth-order valence-corrected chi connectivity index (χ4v) is 3.31. The Morgan fingerprint density at radius 3 is 2.46 bits per heavy atom. The standard InChI is InChI=1S/C22H27N3O3/c1-16-4-3-13-25(21(16)26)15-18-5-9-19(10-6-18)24-22(27)23-14-17-7-11-20(28-2)12-8-17/h5-12,16H,3-4,13-15H2,1-2H3,(H2,23,24,27)/t16-/m1/s1.